The third-order valence-electron chi connectivity index (χ3n) is 6.05. The molecule has 0 radical (unpaired) electrons. The number of halogens is 1. The summed E-state index contributed by atoms with van der Waals surface area (Å²) in [4.78, 5) is 27.2. The summed E-state index contributed by atoms with van der Waals surface area (Å²) in [6.45, 7) is -0.297. The van der Waals surface area contributed by atoms with Crippen LogP contribution in [0.25, 0.3) is 10.9 Å². The van der Waals surface area contributed by atoms with Crippen LogP contribution in [0.3, 0.4) is 0 Å². The number of pyridine rings is 1. The van der Waals surface area contributed by atoms with Gasteiger partial charge >= 0.3 is 35.5 Å². The Bertz CT molecular complexity index is 1460. The van der Waals surface area contributed by atoms with Crippen LogP contribution in [0.5, 0.6) is 11.5 Å². The Kier molecular flexibility index (Phi) is 11.9. The first kappa shape index (κ1) is 31.5. The van der Waals surface area contributed by atoms with Crippen molar-refractivity contribution in [1.82, 2.24) is 15.6 Å². The van der Waals surface area contributed by atoms with Crippen LogP contribution in [-0.4, -0.2) is 57.9 Å². The van der Waals surface area contributed by atoms with Crippen molar-refractivity contribution in [3.63, 3.8) is 0 Å². The predicted octanol–water partition coefficient (Wildman–Crippen LogP) is 0.838. The molecular formula is C29H29ClN3NaO6. The van der Waals surface area contributed by atoms with Crippen molar-refractivity contribution in [1.29, 1.82) is 0 Å². The minimum atomic E-state index is -1.13. The summed E-state index contributed by atoms with van der Waals surface area (Å²) in [5.74, 6) is -0.480. The van der Waals surface area contributed by atoms with E-state index in [0.717, 1.165) is 5.56 Å². The molecule has 0 unspecified atom stereocenters. The zero-order chi connectivity index (χ0) is 27.8. The normalized spacial score (nSPS) is 12.3. The number of carbonyl (C=O) groups is 2. The Morgan fingerprint density at radius 3 is 2.52 bits per heavy atom. The van der Waals surface area contributed by atoms with Gasteiger partial charge in [0.1, 0.15) is 18.0 Å². The van der Waals surface area contributed by atoms with Gasteiger partial charge in [-0.2, -0.15) is 0 Å². The maximum Gasteiger partial charge on any atom is 1.00 e. The summed E-state index contributed by atoms with van der Waals surface area (Å²) >= 11 is 6.00. The number of aliphatic carboxylic acids is 1. The maximum atomic E-state index is 12.2. The summed E-state index contributed by atoms with van der Waals surface area (Å²) in [6, 6.07) is 20.8. The molecule has 40 heavy (non-hydrogen) atoms. The van der Waals surface area contributed by atoms with E-state index in [2.05, 4.69) is 15.6 Å². The molecule has 11 heteroatoms. The number of hydrogen-bond acceptors (Lipinski definition) is 7. The summed E-state index contributed by atoms with van der Waals surface area (Å²) in [5.41, 5.74) is 2.51. The number of carbonyl (C=O) groups excluding carboxylic acids is 1. The third-order valence-corrected chi connectivity index (χ3v) is 6.29. The maximum absolute atomic E-state index is 12.2. The second-order valence-corrected chi connectivity index (χ2v) is 9.36. The minimum Gasteiger partial charge on any atom is -1.00 e. The number of amides is 1. The minimum absolute atomic E-state index is 0. The molecule has 9 nitrogen and oxygen atoms in total. The van der Waals surface area contributed by atoms with Gasteiger partial charge in [0.15, 0.2) is 0 Å². The Balaban J connectivity index is 0.00000294. The van der Waals surface area contributed by atoms with Gasteiger partial charge in [0, 0.05) is 34.8 Å². The molecular weight excluding hydrogens is 545 g/mol. The smallest absolute Gasteiger partial charge is 1.00 e. The molecule has 0 fully saturated rings. The fraction of sp³-hybridized carbons (Fsp3) is 0.207. The largest absolute Gasteiger partial charge is 1.00 e. The van der Waals surface area contributed by atoms with Crippen LogP contribution in [-0.2, 0) is 11.2 Å². The molecule has 1 amide bonds. The topological polar surface area (TPSA) is 141 Å². The monoisotopic (exact) mass is 573 g/mol. The molecule has 0 saturated carbocycles. The molecule has 204 valence electrons. The predicted molar refractivity (Wildman–Crippen MR) is 148 cm³/mol. The molecule has 2 atom stereocenters. The zero-order valence-electron chi connectivity index (χ0n) is 22.9. The van der Waals surface area contributed by atoms with Gasteiger partial charge in [0.05, 0.1) is 18.2 Å². The Morgan fingerprint density at radius 1 is 1.05 bits per heavy atom. The number of hydrogen-bond donors (Lipinski definition) is 5. The van der Waals surface area contributed by atoms with Crippen molar-refractivity contribution >= 4 is 34.4 Å². The quantitative estimate of drug-likeness (QED) is 0.157. The van der Waals surface area contributed by atoms with Gasteiger partial charge in [-0.05, 0) is 66.1 Å². The number of fused-ring (bicyclic) bond motifs is 1. The molecule has 0 spiro atoms. The standard InChI is InChI=1S/C29H28ClN3O6.Na.H/c30-21-3-1-2-19(13-21)26(35)15-32-22(17-34)12-18-4-7-23(8-5-18)39-27-10-11-31-25-14-20(6-9-24(25)27)29(38)33-16-28(36)37;;/h1-11,13-14,22,26,32,34-35H,12,15-17H2,(H,33,38)(H,36,37);;/q;+1;-1/t22-,26+;;/m0../s1. The molecule has 0 bridgehead atoms. The van der Waals surface area contributed by atoms with Crippen molar-refractivity contribution < 1.29 is 60.6 Å². The Hall–Kier alpha value is -3.02. The summed E-state index contributed by atoms with van der Waals surface area (Å²) in [6.07, 6.45) is 1.36. The first-order valence-corrected chi connectivity index (χ1v) is 12.6. The van der Waals surface area contributed by atoms with Crippen LogP contribution in [0.4, 0.5) is 0 Å². The molecule has 3 aromatic carbocycles. The molecule has 0 saturated heterocycles. The van der Waals surface area contributed by atoms with E-state index in [0.29, 0.717) is 45.0 Å². The van der Waals surface area contributed by atoms with Gasteiger partial charge in [0.2, 0.25) is 0 Å². The first-order valence-electron chi connectivity index (χ1n) is 12.3. The van der Waals surface area contributed by atoms with Crippen molar-refractivity contribution in [3.8, 4) is 11.5 Å². The molecule has 5 N–H and O–H groups in total. The van der Waals surface area contributed by atoms with E-state index in [1.807, 2.05) is 24.3 Å². The van der Waals surface area contributed by atoms with Gasteiger partial charge in [-0.15, -0.1) is 0 Å². The average Bonchev–Trinajstić information content (AvgIpc) is 2.94. The van der Waals surface area contributed by atoms with Crippen molar-refractivity contribution in [3.05, 3.63) is 101 Å². The van der Waals surface area contributed by atoms with Crippen LogP contribution >= 0.6 is 11.6 Å². The zero-order valence-corrected chi connectivity index (χ0v) is 24.6. The number of rotatable bonds is 12. The van der Waals surface area contributed by atoms with Crippen LogP contribution in [0, 0.1) is 0 Å². The van der Waals surface area contributed by atoms with Crippen LogP contribution in [0.15, 0.2) is 79.0 Å². The number of nitrogens with one attached hydrogen (secondary N) is 2. The van der Waals surface area contributed by atoms with Gasteiger partial charge in [-0.25, -0.2) is 0 Å². The van der Waals surface area contributed by atoms with Crippen LogP contribution in [0.2, 0.25) is 5.02 Å². The molecule has 4 aromatic rings. The average molecular weight is 574 g/mol. The second kappa shape index (κ2) is 15.1. The molecule has 1 aromatic heterocycles. The summed E-state index contributed by atoms with van der Waals surface area (Å²) < 4.78 is 6.07. The summed E-state index contributed by atoms with van der Waals surface area (Å²) in [5, 5.41) is 35.8. The number of carboxylic acids is 1. The Labute approximate surface area is 259 Å². The van der Waals surface area contributed by atoms with E-state index in [4.69, 9.17) is 21.4 Å². The number of ether oxygens (including phenoxy) is 1. The van der Waals surface area contributed by atoms with E-state index < -0.39 is 24.5 Å². The molecule has 4 rings (SSSR count). The fourth-order valence-electron chi connectivity index (χ4n) is 4.03. The van der Waals surface area contributed by atoms with Crippen LogP contribution < -0.4 is 44.9 Å². The van der Waals surface area contributed by atoms with Gasteiger partial charge in [-0.1, -0.05) is 35.9 Å². The van der Waals surface area contributed by atoms with E-state index in [1.165, 1.54) is 0 Å². The summed E-state index contributed by atoms with van der Waals surface area (Å²) in [7, 11) is 0. The van der Waals surface area contributed by atoms with Gasteiger partial charge in [0.25, 0.3) is 5.91 Å². The molecule has 0 aliphatic rings. The third kappa shape index (κ3) is 8.74. The van der Waals surface area contributed by atoms with E-state index in [9.17, 15) is 19.8 Å². The SMILES string of the molecule is O=C(O)CNC(=O)c1ccc2c(Oc3ccc(C[C@@H](CO)NC[C@@H](O)c4cccc(Cl)c4)cc3)ccnc2c1.[H-].[Na+]. The number of carboxylic acid groups (broad SMARTS) is 1. The van der Waals surface area contributed by atoms with E-state index >= 15 is 0 Å². The fourth-order valence-corrected chi connectivity index (χ4v) is 4.23. The van der Waals surface area contributed by atoms with E-state index in [1.54, 1.807) is 54.7 Å². The van der Waals surface area contributed by atoms with Gasteiger partial charge in [-0.3, -0.25) is 14.6 Å². The number of aliphatic hydroxyl groups is 2. The van der Waals surface area contributed by atoms with Crippen molar-refractivity contribution in [2.75, 3.05) is 19.7 Å². The van der Waals surface area contributed by atoms with E-state index in [-0.39, 0.29) is 50.2 Å². The first-order chi connectivity index (χ1) is 18.8. The molecule has 0 aliphatic carbocycles. The second-order valence-electron chi connectivity index (χ2n) is 8.93. The van der Waals surface area contributed by atoms with Gasteiger partial charge < -0.3 is 32.1 Å². The van der Waals surface area contributed by atoms with Crippen molar-refractivity contribution in [2.24, 2.45) is 0 Å². The Morgan fingerprint density at radius 2 is 1.82 bits per heavy atom. The molecule has 0 aliphatic heterocycles. The molecule has 1 heterocycles. The number of aliphatic hydroxyl groups excluding tert-OH is 2. The van der Waals surface area contributed by atoms with Crippen LogP contribution in [0.1, 0.15) is 29.0 Å². The van der Waals surface area contributed by atoms with Crippen molar-refractivity contribution in [2.45, 2.75) is 18.6 Å². The number of nitrogens with zero attached hydrogens (tertiary/aromatic N) is 1. The number of aromatic nitrogens is 1. The number of benzene rings is 3.